The Hall–Kier alpha value is -2.19. The number of hydrogen-bond acceptors (Lipinski definition) is 6. The first-order chi connectivity index (χ1) is 10.1. The molecule has 8 heteroatoms. The van der Waals surface area contributed by atoms with Gasteiger partial charge in [0, 0.05) is 7.05 Å². The molecule has 0 aromatic carbocycles. The number of aromatic nitrogens is 3. The molecule has 112 valence electrons. The van der Waals surface area contributed by atoms with Crippen LogP contribution in [0.15, 0.2) is 29.0 Å². The highest BCUT2D eigenvalue weighted by Crippen LogP contribution is 2.18. The second-order valence-electron chi connectivity index (χ2n) is 5.00. The zero-order chi connectivity index (χ0) is 14.8. The standard InChI is InChI=1S/C13H16N4O4/c1-16(5-9-3-2-4-21-9)13(19)10-6-17(15-14-10)11-7-20-8-12(11)18/h2-4,6,11-12,18H,5,7-8H2,1H3/t11-,12-/m1/s1. The predicted molar refractivity (Wildman–Crippen MR) is 70.4 cm³/mol. The molecule has 1 amide bonds. The number of aliphatic hydroxyl groups excluding tert-OH is 1. The topological polar surface area (TPSA) is 93.6 Å². The first-order valence-electron chi connectivity index (χ1n) is 6.60. The summed E-state index contributed by atoms with van der Waals surface area (Å²) in [5.41, 5.74) is 0.225. The number of hydrogen-bond donors (Lipinski definition) is 1. The minimum atomic E-state index is -0.629. The number of amides is 1. The maximum atomic E-state index is 12.3. The molecule has 0 spiro atoms. The number of nitrogens with zero attached hydrogens (tertiary/aromatic N) is 4. The van der Waals surface area contributed by atoms with Crippen molar-refractivity contribution < 1.29 is 19.1 Å². The zero-order valence-electron chi connectivity index (χ0n) is 11.5. The summed E-state index contributed by atoms with van der Waals surface area (Å²) in [7, 11) is 1.66. The summed E-state index contributed by atoms with van der Waals surface area (Å²) < 4.78 is 11.8. The Morgan fingerprint density at radius 1 is 1.57 bits per heavy atom. The molecule has 21 heavy (non-hydrogen) atoms. The van der Waals surface area contributed by atoms with Gasteiger partial charge in [0.1, 0.15) is 17.9 Å². The van der Waals surface area contributed by atoms with E-state index in [-0.39, 0.29) is 24.2 Å². The minimum absolute atomic E-state index is 0.225. The van der Waals surface area contributed by atoms with Crippen LogP contribution in [0.3, 0.4) is 0 Å². The average Bonchev–Trinajstić information content (AvgIpc) is 3.18. The normalized spacial score (nSPS) is 21.6. The maximum Gasteiger partial charge on any atom is 0.276 e. The summed E-state index contributed by atoms with van der Waals surface area (Å²) in [6, 6.07) is 3.27. The van der Waals surface area contributed by atoms with Crippen LogP contribution in [-0.4, -0.2) is 57.3 Å². The van der Waals surface area contributed by atoms with Gasteiger partial charge >= 0.3 is 0 Å². The van der Waals surface area contributed by atoms with Gasteiger partial charge < -0.3 is 19.2 Å². The van der Waals surface area contributed by atoms with Crippen molar-refractivity contribution in [1.82, 2.24) is 19.9 Å². The molecular weight excluding hydrogens is 276 g/mol. The van der Waals surface area contributed by atoms with Crippen LogP contribution in [0.25, 0.3) is 0 Å². The number of carbonyl (C=O) groups is 1. The van der Waals surface area contributed by atoms with E-state index in [9.17, 15) is 9.90 Å². The molecule has 2 atom stereocenters. The Morgan fingerprint density at radius 2 is 2.43 bits per heavy atom. The predicted octanol–water partition coefficient (Wildman–Crippen LogP) is 0.0755. The van der Waals surface area contributed by atoms with E-state index in [4.69, 9.17) is 9.15 Å². The average molecular weight is 292 g/mol. The van der Waals surface area contributed by atoms with E-state index < -0.39 is 6.10 Å². The lowest BCUT2D eigenvalue weighted by Crippen LogP contribution is -2.26. The van der Waals surface area contributed by atoms with Gasteiger partial charge in [-0.1, -0.05) is 5.21 Å². The molecule has 2 aromatic heterocycles. The van der Waals surface area contributed by atoms with Crippen molar-refractivity contribution in [2.45, 2.75) is 18.7 Å². The van der Waals surface area contributed by atoms with Gasteiger partial charge in [0.2, 0.25) is 0 Å². The lowest BCUT2D eigenvalue weighted by molar-refractivity contribution is 0.0769. The third-order valence-corrected chi connectivity index (χ3v) is 3.41. The van der Waals surface area contributed by atoms with Crippen LogP contribution in [-0.2, 0) is 11.3 Å². The molecule has 8 nitrogen and oxygen atoms in total. The van der Waals surface area contributed by atoms with Crippen molar-refractivity contribution >= 4 is 5.91 Å². The molecular formula is C13H16N4O4. The highest BCUT2D eigenvalue weighted by Gasteiger charge is 2.29. The van der Waals surface area contributed by atoms with Gasteiger partial charge in [-0.15, -0.1) is 5.10 Å². The molecule has 1 N–H and O–H groups in total. The molecule has 0 bridgehead atoms. The van der Waals surface area contributed by atoms with Crippen molar-refractivity contribution in [3.8, 4) is 0 Å². The van der Waals surface area contributed by atoms with Gasteiger partial charge in [-0.25, -0.2) is 4.68 Å². The first kappa shape index (κ1) is 13.8. The minimum Gasteiger partial charge on any atom is -0.467 e. The Kier molecular flexibility index (Phi) is 3.72. The first-order valence-corrected chi connectivity index (χ1v) is 6.60. The van der Waals surface area contributed by atoms with E-state index in [0.29, 0.717) is 18.9 Å². The van der Waals surface area contributed by atoms with Gasteiger partial charge in [-0.2, -0.15) is 0 Å². The fourth-order valence-electron chi connectivity index (χ4n) is 2.22. The third-order valence-electron chi connectivity index (χ3n) is 3.41. The van der Waals surface area contributed by atoms with Crippen LogP contribution in [0.1, 0.15) is 22.3 Å². The van der Waals surface area contributed by atoms with Crippen LogP contribution < -0.4 is 0 Å². The molecule has 1 fully saturated rings. The lowest BCUT2D eigenvalue weighted by Gasteiger charge is -2.14. The van der Waals surface area contributed by atoms with E-state index in [0.717, 1.165) is 0 Å². The molecule has 0 aliphatic carbocycles. The van der Waals surface area contributed by atoms with Gasteiger partial charge in [0.15, 0.2) is 5.69 Å². The van der Waals surface area contributed by atoms with Crippen LogP contribution in [0.4, 0.5) is 0 Å². The number of furan rings is 1. The Bertz CT molecular complexity index is 609. The Balaban J connectivity index is 1.69. The highest BCUT2D eigenvalue weighted by atomic mass is 16.5. The van der Waals surface area contributed by atoms with Gasteiger partial charge in [-0.3, -0.25) is 4.79 Å². The van der Waals surface area contributed by atoms with E-state index in [1.165, 1.54) is 15.8 Å². The van der Waals surface area contributed by atoms with Crippen LogP contribution in [0.2, 0.25) is 0 Å². The molecule has 1 saturated heterocycles. The molecule has 0 unspecified atom stereocenters. The summed E-state index contributed by atoms with van der Waals surface area (Å²) in [5.74, 6) is 0.434. The summed E-state index contributed by atoms with van der Waals surface area (Å²) >= 11 is 0. The van der Waals surface area contributed by atoms with Crippen molar-refractivity contribution in [3.05, 3.63) is 36.0 Å². The largest absolute Gasteiger partial charge is 0.467 e. The van der Waals surface area contributed by atoms with Crippen molar-refractivity contribution in [2.75, 3.05) is 20.3 Å². The van der Waals surface area contributed by atoms with Crippen molar-refractivity contribution in [2.24, 2.45) is 0 Å². The van der Waals surface area contributed by atoms with E-state index in [1.54, 1.807) is 25.4 Å². The maximum absolute atomic E-state index is 12.3. The number of ether oxygens (including phenoxy) is 1. The molecule has 3 rings (SSSR count). The quantitative estimate of drug-likeness (QED) is 0.857. The van der Waals surface area contributed by atoms with Crippen LogP contribution in [0, 0.1) is 0 Å². The van der Waals surface area contributed by atoms with Crippen LogP contribution in [0.5, 0.6) is 0 Å². The number of carbonyl (C=O) groups excluding carboxylic acids is 1. The molecule has 2 aromatic rings. The van der Waals surface area contributed by atoms with Gasteiger partial charge in [0.25, 0.3) is 5.91 Å². The number of rotatable bonds is 4. The second kappa shape index (κ2) is 5.66. The Labute approximate surface area is 120 Å². The fraction of sp³-hybridized carbons (Fsp3) is 0.462. The molecule has 3 heterocycles. The third kappa shape index (κ3) is 2.81. The summed E-state index contributed by atoms with van der Waals surface area (Å²) in [5, 5.41) is 17.5. The molecule has 0 radical (unpaired) electrons. The Morgan fingerprint density at radius 3 is 3.10 bits per heavy atom. The van der Waals surface area contributed by atoms with E-state index in [1.807, 2.05) is 0 Å². The monoisotopic (exact) mass is 292 g/mol. The van der Waals surface area contributed by atoms with Gasteiger partial charge in [0.05, 0.1) is 32.2 Å². The summed E-state index contributed by atoms with van der Waals surface area (Å²) in [6.07, 6.45) is 2.46. The van der Waals surface area contributed by atoms with Crippen molar-refractivity contribution in [1.29, 1.82) is 0 Å². The number of aliphatic hydroxyl groups is 1. The lowest BCUT2D eigenvalue weighted by atomic mass is 10.2. The summed E-state index contributed by atoms with van der Waals surface area (Å²) in [4.78, 5) is 13.8. The smallest absolute Gasteiger partial charge is 0.276 e. The molecule has 1 aliphatic heterocycles. The summed E-state index contributed by atoms with van der Waals surface area (Å²) in [6.45, 7) is 0.987. The zero-order valence-corrected chi connectivity index (χ0v) is 11.5. The SMILES string of the molecule is CN(Cc1ccco1)C(=O)c1cn([C@@H]2COC[C@H]2O)nn1. The van der Waals surface area contributed by atoms with Crippen molar-refractivity contribution in [3.63, 3.8) is 0 Å². The second-order valence-corrected chi connectivity index (χ2v) is 5.00. The molecule has 0 saturated carbocycles. The van der Waals surface area contributed by atoms with Crippen LogP contribution >= 0.6 is 0 Å². The van der Waals surface area contributed by atoms with E-state index in [2.05, 4.69) is 10.3 Å². The fourth-order valence-corrected chi connectivity index (χ4v) is 2.22. The highest BCUT2D eigenvalue weighted by molar-refractivity contribution is 5.91. The van der Waals surface area contributed by atoms with E-state index >= 15 is 0 Å². The van der Waals surface area contributed by atoms with Gasteiger partial charge in [-0.05, 0) is 12.1 Å². The molecule has 1 aliphatic rings.